The lowest BCUT2D eigenvalue weighted by Crippen LogP contribution is -1.95. The van der Waals surface area contributed by atoms with E-state index < -0.39 is 4.92 Å². The molecule has 6 heteroatoms. The summed E-state index contributed by atoms with van der Waals surface area (Å²) in [4.78, 5) is 13.7. The Morgan fingerprint density at radius 3 is 2.75 bits per heavy atom. The Bertz CT molecular complexity index is 319. The summed E-state index contributed by atoms with van der Waals surface area (Å²) in [7, 11) is 0. The molecule has 1 rings (SSSR count). The monoisotopic (exact) mass is 250 g/mol. The molecule has 12 heavy (non-hydrogen) atoms. The molecule has 1 heterocycles. The molecular formula is C6H4BrClN2O2. The van der Waals surface area contributed by atoms with Crippen LogP contribution in [0.5, 0.6) is 0 Å². The SMILES string of the molecule is Cc1nc(Cl)cc(Br)c1[N+](=O)[O-]. The number of halogens is 2. The highest BCUT2D eigenvalue weighted by Gasteiger charge is 2.17. The van der Waals surface area contributed by atoms with E-state index >= 15 is 0 Å². The Morgan fingerprint density at radius 1 is 1.75 bits per heavy atom. The number of aromatic nitrogens is 1. The van der Waals surface area contributed by atoms with Gasteiger partial charge in [-0.15, -0.1) is 0 Å². The van der Waals surface area contributed by atoms with Crippen LogP contribution in [0.1, 0.15) is 5.69 Å². The highest BCUT2D eigenvalue weighted by molar-refractivity contribution is 9.10. The zero-order chi connectivity index (χ0) is 9.30. The molecule has 1 aromatic heterocycles. The van der Waals surface area contributed by atoms with E-state index in [2.05, 4.69) is 20.9 Å². The van der Waals surface area contributed by atoms with Gasteiger partial charge in [0.05, 0.1) is 4.92 Å². The van der Waals surface area contributed by atoms with Crippen LogP contribution in [-0.2, 0) is 0 Å². The fourth-order valence-corrected chi connectivity index (χ4v) is 1.83. The van der Waals surface area contributed by atoms with Crippen molar-refractivity contribution >= 4 is 33.2 Å². The summed E-state index contributed by atoms with van der Waals surface area (Å²) < 4.78 is 0.352. The predicted molar refractivity (Wildman–Crippen MR) is 48.3 cm³/mol. The number of nitro groups is 1. The van der Waals surface area contributed by atoms with Gasteiger partial charge in [0.15, 0.2) is 0 Å². The van der Waals surface area contributed by atoms with Crippen molar-refractivity contribution in [2.24, 2.45) is 0 Å². The molecule has 0 amide bonds. The van der Waals surface area contributed by atoms with E-state index in [1.807, 2.05) is 0 Å². The maximum Gasteiger partial charge on any atom is 0.304 e. The average molecular weight is 251 g/mol. The van der Waals surface area contributed by atoms with Crippen LogP contribution >= 0.6 is 27.5 Å². The molecule has 0 N–H and O–H groups in total. The second-order valence-electron chi connectivity index (χ2n) is 2.12. The van der Waals surface area contributed by atoms with Crippen LogP contribution in [0.25, 0.3) is 0 Å². The summed E-state index contributed by atoms with van der Waals surface area (Å²) in [5.74, 6) is 0. The Morgan fingerprint density at radius 2 is 2.33 bits per heavy atom. The summed E-state index contributed by atoms with van der Waals surface area (Å²) in [5, 5.41) is 10.7. The first-order valence-corrected chi connectivity index (χ1v) is 4.16. The number of hydrogen-bond donors (Lipinski definition) is 0. The summed E-state index contributed by atoms with van der Waals surface area (Å²) in [6, 6.07) is 1.40. The smallest absolute Gasteiger partial charge is 0.258 e. The Kier molecular flexibility index (Phi) is 2.64. The summed E-state index contributed by atoms with van der Waals surface area (Å²) >= 11 is 8.60. The van der Waals surface area contributed by atoms with Crippen LogP contribution in [0.2, 0.25) is 5.15 Å². The van der Waals surface area contributed by atoms with Crippen LogP contribution in [0.15, 0.2) is 10.5 Å². The molecule has 0 aromatic carbocycles. The molecule has 0 spiro atoms. The predicted octanol–water partition coefficient (Wildman–Crippen LogP) is 2.71. The first-order valence-electron chi connectivity index (χ1n) is 2.99. The van der Waals surface area contributed by atoms with Gasteiger partial charge in [-0.3, -0.25) is 10.1 Å². The third-order valence-corrected chi connectivity index (χ3v) is 2.07. The first-order chi connectivity index (χ1) is 5.52. The quantitative estimate of drug-likeness (QED) is 0.438. The van der Waals surface area contributed by atoms with Crippen molar-refractivity contribution in [3.63, 3.8) is 0 Å². The minimum atomic E-state index is -0.497. The van der Waals surface area contributed by atoms with Crippen molar-refractivity contribution in [1.82, 2.24) is 4.98 Å². The van der Waals surface area contributed by atoms with Gasteiger partial charge in [-0.2, -0.15) is 0 Å². The van der Waals surface area contributed by atoms with Gasteiger partial charge < -0.3 is 0 Å². The van der Waals surface area contributed by atoms with Crippen molar-refractivity contribution in [3.8, 4) is 0 Å². The van der Waals surface area contributed by atoms with E-state index in [0.29, 0.717) is 10.2 Å². The van der Waals surface area contributed by atoms with Crippen molar-refractivity contribution in [2.45, 2.75) is 6.92 Å². The lowest BCUT2D eigenvalue weighted by Gasteiger charge is -1.98. The molecule has 0 aliphatic rings. The molecule has 0 aliphatic heterocycles. The largest absolute Gasteiger partial charge is 0.304 e. The standard InChI is InChI=1S/C6H4BrClN2O2/c1-3-6(10(11)12)4(7)2-5(8)9-3/h2H,1H3. The number of hydrogen-bond acceptors (Lipinski definition) is 3. The Hall–Kier alpha value is -0.680. The van der Waals surface area contributed by atoms with Crippen LogP contribution in [-0.4, -0.2) is 9.91 Å². The van der Waals surface area contributed by atoms with Crippen LogP contribution in [0.3, 0.4) is 0 Å². The number of nitrogens with zero attached hydrogens (tertiary/aromatic N) is 2. The van der Waals surface area contributed by atoms with Gasteiger partial charge in [-0.05, 0) is 28.9 Å². The van der Waals surface area contributed by atoms with Crippen molar-refractivity contribution in [1.29, 1.82) is 0 Å². The maximum atomic E-state index is 10.4. The normalized spacial score (nSPS) is 9.92. The van der Waals surface area contributed by atoms with Crippen LogP contribution < -0.4 is 0 Å². The van der Waals surface area contributed by atoms with E-state index in [1.165, 1.54) is 13.0 Å². The van der Waals surface area contributed by atoms with Crippen molar-refractivity contribution < 1.29 is 4.92 Å². The molecule has 0 fully saturated rings. The maximum absolute atomic E-state index is 10.4. The second kappa shape index (κ2) is 3.37. The van der Waals surface area contributed by atoms with Gasteiger partial charge in [0.25, 0.3) is 0 Å². The molecule has 1 aromatic rings. The van der Waals surface area contributed by atoms with Gasteiger partial charge in [0, 0.05) is 0 Å². The van der Waals surface area contributed by atoms with Crippen LogP contribution in [0, 0.1) is 17.0 Å². The third kappa shape index (κ3) is 1.73. The van der Waals surface area contributed by atoms with Gasteiger partial charge in [-0.25, -0.2) is 4.98 Å². The van der Waals surface area contributed by atoms with Gasteiger partial charge in [0.1, 0.15) is 15.3 Å². The van der Waals surface area contributed by atoms with E-state index in [1.54, 1.807) is 0 Å². The summed E-state index contributed by atoms with van der Waals surface area (Å²) in [6.45, 7) is 1.54. The fourth-order valence-electron chi connectivity index (χ4n) is 0.811. The topological polar surface area (TPSA) is 56.0 Å². The number of aryl methyl sites for hydroxylation is 1. The van der Waals surface area contributed by atoms with Crippen LogP contribution in [0.4, 0.5) is 5.69 Å². The van der Waals surface area contributed by atoms with Crippen molar-refractivity contribution in [3.05, 3.63) is 31.5 Å². The van der Waals surface area contributed by atoms with Gasteiger partial charge in [0.2, 0.25) is 0 Å². The van der Waals surface area contributed by atoms with Gasteiger partial charge in [-0.1, -0.05) is 11.6 Å². The summed E-state index contributed by atoms with van der Waals surface area (Å²) in [5.41, 5.74) is 0.263. The third-order valence-electron chi connectivity index (χ3n) is 1.27. The lowest BCUT2D eigenvalue weighted by molar-refractivity contribution is -0.386. The molecule has 0 radical (unpaired) electrons. The highest BCUT2D eigenvalue weighted by Crippen LogP contribution is 2.29. The average Bonchev–Trinajstić information content (AvgIpc) is 1.82. The molecule has 64 valence electrons. The minimum absolute atomic E-state index is 0.0422. The van der Waals surface area contributed by atoms with E-state index in [0.717, 1.165) is 0 Å². The highest BCUT2D eigenvalue weighted by atomic mass is 79.9. The zero-order valence-electron chi connectivity index (χ0n) is 6.04. The second-order valence-corrected chi connectivity index (χ2v) is 3.36. The van der Waals surface area contributed by atoms with Gasteiger partial charge >= 0.3 is 5.69 Å². The molecule has 0 atom stereocenters. The lowest BCUT2D eigenvalue weighted by atomic mass is 10.3. The molecule has 4 nitrogen and oxygen atoms in total. The summed E-state index contributed by atoms with van der Waals surface area (Å²) in [6.07, 6.45) is 0. The Balaban J connectivity index is 3.38. The molecule has 0 unspecified atom stereocenters. The fraction of sp³-hybridized carbons (Fsp3) is 0.167. The van der Waals surface area contributed by atoms with E-state index in [-0.39, 0.29) is 10.8 Å². The molecule has 0 bridgehead atoms. The first kappa shape index (κ1) is 9.41. The number of rotatable bonds is 1. The zero-order valence-corrected chi connectivity index (χ0v) is 8.39. The molecule has 0 saturated heterocycles. The molecule has 0 aliphatic carbocycles. The van der Waals surface area contributed by atoms with Crippen molar-refractivity contribution in [2.75, 3.05) is 0 Å². The Labute approximate surface area is 81.8 Å². The van der Waals surface area contributed by atoms with E-state index in [4.69, 9.17) is 11.6 Å². The molecular weight excluding hydrogens is 247 g/mol. The van der Waals surface area contributed by atoms with E-state index in [9.17, 15) is 10.1 Å². The number of pyridine rings is 1. The minimum Gasteiger partial charge on any atom is -0.258 e. The molecule has 0 saturated carbocycles.